The molecule has 8 unspecified atom stereocenters. The molecule has 3 saturated carbocycles. The van der Waals surface area contributed by atoms with Crippen LogP contribution in [0, 0.1) is 28.6 Å². The smallest absolute Gasteiger partial charge is 0.318 e. The third-order valence-electron chi connectivity index (χ3n) is 9.39. The van der Waals surface area contributed by atoms with E-state index in [1.165, 1.54) is 5.57 Å². The Labute approximate surface area is 148 Å². The van der Waals surface area contributed by atoms with Gasteiger partial charge in [-0.15, -0.1) is 0 Å². The second-order valence-electron chi connectivity index (χ2n) is 9.99. The molecule has 0 aromatic heterocycles. The van der Waals surface area contributed by atoms with Gasteiger partial charge in [0.25, 0.3) is 0 Å². The van der Waals surface area contributed by atoms with Crippen molar-refractivity contribution in [2.24, 2.45) is 28.6 Å². The summed E-state index contributed by atoms with van der Waals surface area (Å²) in [6.45, 7) is 4.41. The van der Waals surface area contributed by atoms with E-state index < -0.39 is 5.79 Å². The van der Waals surface area contributed by atoms with Crippen molar-refractivity contribution in [3.63, 3.8) is 0 Å². The number of carbonyl (C=O) groups excluding carboxylic acids is 1. The van der Waals surface area contributed by atoms with Crippen molar-refractivity contribution in [2.45, 2.75) is 82.7 Å². The van der Waals surface area contributed by atoms with Crippen LogP contribution in [0.5, 0.6) is 0 Å². The van der Waals surface area contributed by atoms with Crippen molar-refractivity contribution in [2.75, 3.05) is 0 Å². The Balaban J connectivity index is 1.48. The normalized spacial score (nSPS) is 61.2. The summed E-state index contributed by atoms with van der Waals surface area (Å²) >= 11 is 0. The lowest BCUT2D eigenvalue weighted by Gasteiger charge is -2.60. The predicted molar refractivity (Wildman–Crippen MR) is 90.3 cm³/mol. The fourth-order valence-electron chi connectivity index (χ4n) is 8.42. The van der Waals surface area contributed by atoms with Gasteiger partial charge in [-0.2, -0.15) is 0 Å². The maximum Gasteiger partial charge on any atom is 0.318 e. The van der Waals surface area contributed by atoms with Crippen LogP contribution in [-0.2, 0) is 14.3 Å². The van der Waals surface area contributed by atoms with Crippen LogP contribution < -0.4 is 0 Å². The number of hydrogen-bond acceptors (Lipinski definition) is 4. The Morgan fingerprint density at radius 1 is 1.12 bits per heavy atom. The summed E-state index contributed by atoms with van der Waals surface area (Å²) in [7, 11) is 0. The number of hydrogen-bond donors (Lipinski definition) is 1. The van der Waals surface area contributed by atoms with E-state index in [0.29, 0.717) is 11.8 Å². The Morgan fingerprint density at radius 3 is 2.80 bits per heavy atom. The molecule has 5 fully saturated rings. The quantitative estimate of drug-likeness (QED) is 0.541. The second kappa shape index (κ2) is 4.17. The van der Waals surface area contributed by atoms with Gasteiger partial charge in [-0.1, -0.05) is 18.6 Å². The van der Waals surface area contributed by atoms with Crippen molar-refractivity contribution in [1.29, 1.82) is 0 Å². The van der Waals surface area contributed by atoms with Crippen LogP contribution in [0.25, 0.3) is 0 Å². The molecular formula is C21H28O4. The molecule has 4 aliphatic carbocycles. The molecule has 25 heavy (non-hydrogen) atoms. The molecule has 2 saturated heterocycles. The minimum atomic E-state index is -0.683. The van der Waals surface area contributed by atoms with Crippen molar-refractivity contribution in [3.8, 4) is 0 Å². The molecule has 4 heteroatoms. The second-order valence-corrected chi connectivity index (χ2v) is 9.99. The van der Waals surface area contributed by atoms with Crippen LogP contribution in [0.3, 0.4) is 0 Å². The van der Waals surface area contributed by atoms with Gasteiger partial charge in [0.2, 0.25) is 5.79 Å². The summed E-state index contributed by atoms with van der Waals surface area (Å²) in [5.41, 5.74) is 0.961. The summed E-state index contributed by atoms with van der Waals surface area (Å²) in [5.74, 6) is 0.587. The molecule has 0 radical (unpaired) electrons. The third kappa shape index (κ3) is 1.39. The first-order valence-electron chi connectivity index (χ1n) is 10.2. The molecular weight excluding hydrogens is 316 g/mol. The lowest BCUT2D eigenvalue weighted by Crippen LogP contribution is -2.64. The summed E-state index contributed by atoms with van der Waals surface area (Å²) in [6.07, 6.45) is 10.1. The number of fused-ring (bicyclic) bond motifs is 3. The van der Waals surface area contributed by atoms with Crippen LogP contribution in [0.1, 0.15) is 65.2 Å². The summed E-state index contributed by atoms with van der Waals surface area (Å²) in [6, 6.07) is 0. The lowest BCUT2D eigenvalue weighted by molar-refractivity contribution is -0.306. The van der Waals surface area contributed by atoms with E-state index in [1.54, 1.807) is 0 Å². The van der Waals surface area contributed by atoms with Gasteiger partial charge in [0, 0.05) is 12.8 Å². The SMILES string of the molecule is CC12OC(=O)C34CCC5C(CC=C6CC(O)CCC65C)C3(CCC14)O2. The van der Waals surface area contributed by atoms with Crippen LogP contribution >= 0.6 is 0 Å². The Bertz CT molecular complexity index is 715. The van der Waals surface area contributed by atoms with Gasteiger partial charge in [-0.05, 0) is 68.6 Å². The molecule has 136 valence electrons. The fourth-order valence-corrected chi connectivity index (χ4v) is 8.42. The lowest BCUT2D eigenvalue weighted by atomic mass is 9.46. The molecule has 1 spiro atoms. The highest BCUT2D eigenvalue weighted by atomic mass is 16.8. The van der Waals surface area contributed by atoms with E-state index in [0.717, 1.165) is 51.4 Å². The highest BCUT2D eigenvalue weighted by Crippen LogP contribution is 2.78. The molecule has 0 aromatic rings. The van der Waals surface area contributed by atoms with E-state index in [9.17, 15) is 9.90 Å². The predicted octanol–water partition coefficient (Wildman–Crippen LogP) is 3.33. The van der Waals surface area contributed by atoms with E-state index in [1.807, 2.05) is 6.92 Å². The summed E-state index contributed by atoms with van der Waals surface area (Å²) < 4.78 is 12.4. The molecule has 1 N–H and O–H groups in total. The van der Waals surface area contributed by atoms with E-state index in [-0.39, 0.29) is 34.4 Å². The van der Waals surface area contributed by atoms with E-state index in [4.69, 9.17) is 9.47 Å². The number of aliphatic hydroxyl groups is 1. The first-order valence-corrected chi connectivity index (χ1v) is 10.2. The zero-order valence-electron chi connectivity index (χ0n) is 15.2. The summed E-state index contributed by atoms with van der Waals surface area (Å²) in [5, 5.41) is 10.1. The fraction of sp³-hybridized carbons (Fsp3) is 0.857. The molecule has 6 rings (SSSR count). The monoisotopic (exact) mass is 344 g/mol. The Morgan fingerprint density at radius 2 is 1.96 bits per heavy atom. The standard InChI is InChI=1S/C21H28O4/c1-18-8-5-13(22)11-12(18)3-4-15-14(18)6-9-20-16-7-10-21(15,20)25-19(16,2)24-17(20)23/h3,13-16,22H,4-11H2,1-2H3. The topological polar surface area (TPSA) is 55.8 Å². The molecule has 0 aromatic carbocycles. The maximum atomic E-state index is 13.0. The number of carbonyl (C=O) groups is 1. The Kier molecular flexibility index (Phi) is 2.54. The first kappa shape index (κ1) is 15.2. The minimum absolute atomic E-state index is 0.0289. The van der Waals surface area contributed by atoms with Crippen molar-refractivity contribution >= 4 is 5.97 Å². The molecule has 8 atom stereocenters. The largest absolute Gasteiger partial charge is 0.432 e. The van der Waals surface area contributed by atoms with Gasteiger partial charge in [-0.25, -0.2) is 0 Å². The van der Waals surface area contributed by atoms with Crippen LogP contribution in [0.15, 0.2) is 11.6 Å². The zero-order valence-corrected chi connectivity index (χ0v) is 15.2. The number of rotatable bonds is 0. The van der Waals surface area contributed by atoms with E-state index in [2.05, 4.69) is 13.0 Å². The van der Waals surface area contributed by atoms with Crippen molar-refractivity contribution < 1.29 is 19.4 Å². The van der Waals surface area contributed by atoms with Crippen LogP contribution in [0.4, 0.5) is 0 Å². The van der Waals surface area contributed by atoms with Crippen LogP contribution in [0.2, 0.25) is 0 Å². The average molecular weight is 344 g/mol. The number of esters is 1. The van der Waals surface area contributed by atoms with Crippen molar-refractivity contribution in [1.82, 2.24) is 0 Å². The Hall–Kier alpha value is -0.870. The first-order chi connectivity index (χ1) is 11.9. The molecule has 6 aliphatic rings. The van der Waals surface area contributed by atoms with Gasteiger partial charge in [-0.3, -0.25) is 4.79 Å². The maximum absolute atomic E-state index is 13.0. The summed E-state index contributed by atoms with van der Waals surface area (Å²) in [4.78, 5) is 13.0. The molecule has 2 aliphatic heterocycles. The number of aliphatic hydroxyl groups excluding tert-OH is 1. The molecule has 4 bridgehead atoms. The van der Waals surface area contributed by atoms with Gasteiger partial charge in [0.1, 0.15) is 5.41 Å². The zero-order chi connectivity index (χ0) is 17.2. The third-order valence-corrected chi connectivity index (χ3v) is 9.39. The van der Waals surface area contributed by atoms with Gasteiger partial charge in [0.05, 0.1) is 11.7 Å². The van der Waals surface area contributed by atoms with Gasteiger partial charge < -0.3 is 14.6 Å². The average Bonchev–Trinajstić information content (AvgIpc) is 3.09. The highest BCUT2D eigenvalue weighted by Gasteiger charge is 2.86. The van der Waals surface area contributed by atoms with Gasteiger partial charge >= 0.3 is 5.97 Å². The van der Waals surface area contributed by atoms with E-state index >= 15 is 0 Å². The molecule has 4 nitrogen and oxygen atoms in total. The van der Waals surface area contributed by atoms with Crippen molar-refractivity contribution in [3.05, 3.63) is 11.6 Å². The highest BCUT2D eigenvalue weighted by molar-refractivity contribution is 5.84. The minimum Gasteiger partial charge on any atom is -0.432 e. The van der Waals surface area contributed by atoms with Crippen LogP contribution in [-0.4, -0.2) is 28.6 Å². The number of allylic oxidation sites excluding steroid dienone is 1. The number of ether oxygens (including phenoxy) is 2. The molecule has 0 amide bonds. The van der Waals surface area contributed by atoms with Gasteiger partial charge in [0.15, 0.2) is 0 Å². The molecule has 2 heterocycles.